The highest BCUT2D eigenvalue weighted by Crippen LogP contribution is 2.32. The molecule has 1 aliphatic heterocycles. The van der Waals surface area contributed by atoms with Crippen LogP contribution in [0.1, 0.15) is 32.2 Å². The minimum atomic E-state index is -0.452. The van der Waals surface area contributed by atoms with Gasteiger partial charge in [-0.3, -0.25) is 4.79 Å². The quantitative estimate of drug-likeness (QED) is 0.616. The summed E-state index contributed by atoms with van der Waals surface area (Å²) >= 11 is 1.40. The second kappa shape index (κ2) is 8.68. The molecule has 0 unspecified atom stereocenters. The Labute approximate surface area is 184 Å². The molecule has 3 heterocycles. The lowest BCUT2D eigenvalue weighted by Crippen LogP contribution is -2.42. The zero-order valence-electron chi connectivity index (χ0n) is 17.9. The van der Waals surface area contributed by atoms with Gasteiger partial charge in [0.1, 0.15) is 16.8 Å². The van der Waals surface area contributed by atoms with E-state index in [2.05, 4.69) is 9.97 Å². The molecule has 1 fully saturated rings. The highest BCUT2D eigenvalue weighted by molar-refractivity contribution is 7.13. The number of anilines is 1. The standard InChI is InChI=1S/C22H24FN5O2S/c1-13-20(31-14(2)25-13)21(29)28-8-9-30-18(12-28)19-17(11-24-22(26-19)27(3)4)15-6-5-7-16(23)10-15/h5-7,10-11,18H,8-9,12H2,1-4H3/t18-/m1/s1. The number of halogens is 1. The fourth-order valence-electron chi connectivity index (χ4n) is 3.60. The van der Waals surface area contributed by atoms with Gasteiger partial charge in [-0.05, 0) is 31.5 Å². The maximum atomic E-state index is 13.9. The Morgan fingerprint density at radius 1 is 1.29 bits per heavy atom. The number of amides is 1. The van der Waals surface area contributed by atoms with Crippen molar-refractivity contribution in [1.29, 1.82) is 0 Å². The number of rotatable bonds is 4. The van der Waals surface area contributed by atoms with E-state index in [9.17, 15) is 9.18 Å². The van der Waals surface area contributed by atoms with Crippen LogP contribution in [0.4, 0.5) is 10.3 Å². The van der Waals surface area contributed by atoms with E-state index >= 15 is 0 Å². The predicted octanol–water partition coefficient (Wildman–Crippen LogP) is 3.64. The van der Waals surface area contributed by atoms with Crippen molar-refractivity contribution >= 4 is 23.2 Å². The first-order valence-corrected chi connectivity index (χ1v) is 10.8. The second-order valence-corrected chi connectivity index (χ2v) is 8.83. The summed E-state index contributed by atoms with van der Waals surface area (Å²) in [5.74, 6) is 0.138. The number of thiazole rings is 1. The normalized spacial score (nSPS) is 16.4. The number of hydrogen-bond donors (Lipinski definition) is 0. The van der Waals surface area contributed by atoms with E-state index in [0.717, 1.165) is 10.7 Å². The van der Waals surface area contributed by atoms with E-state index in [1.165, 1.54) is 23.5 Å². The molecule has 9 heteroatoms. The van der Waals surface area contributed by atoms with Gasteiger partial charge >= 0.3 is 0 Å². The van der Waals surface area contributed by atoms with Crippen molar-refractivity contribution in [3.8, 4) is 11.1 Å². The third-order valence-electron chi connectivity index (χ3n) is 5.10. The molecular formula is C22H24FN5O2S. The van der Waals surface area contributed by atoms with Gasteiger partial charge < -0.3 is 14.5 Å². The largest absolute Gasteiger partial charge is 0.368 e. The minimum Gasteiger partial charge on any atom is -0.368 e. The van der Waals surface area contributed by atoms with Gasteiger partial charge in [-0.15, -0.1) is 11.3 Å². The maximum Gasteiger partial charge on any atom is 0.266 e. The molecule has 162 valence electrons. The minimum absolute atomic E-state index is 0.0504. The number of aromatic nitrogens is 3. The van der Waals surface area contributed by atoms with E-state index in [1.54, 1.807) is 22.1 Å². The molecule has 1 atom stereocenters. The van der Waals surface area contributed by atoms with Crippen LogP contribution in [0.15, 0.2) is 30.5 Å². The zero-order chi connectivity index (χ0) is 22.1. The molecule has 0 radical (unpaired) electrons. The van der Waals surface area contributed by atoms with Crippen LogP contribution in [0.5, 0.6) is 0 Å². The molecule has 0 aliphatic carbocycles. The maximum absolute atomic E-state index is 13.9. The molecule has 0 N–H and O–H groups in total. The Morgan fingerprint density at radius 3 is 2.77 bits per heavy atom. The Hall–Kier alpha value is -2.91. The highest BCUT2D eigenvalue weighted by atomic mass is 32.1. The number of carbonyl (C=O) groups is 1. The molecule has 2 aromatic heterocycles. The van der Waals surface area contributed by atoms with Crippen LogP contribution < -0.4 is 4.90 Å². The summed E-state index contributed by atoms with van der Waals surface area (Å²) in [6, 6.07) is 6.32. The molecule has 1 aliphatic rings. The van der Waals surface area contributed by atoms with Gasteiger partial charge in [0.15, 0.2) is 0 Å². The van der Waals surface area contributed by atoms with Crippen molar-refractivity contribution in [3.63, 3.8) is 0 Å². The Morgan fingerprint density at radius 2 is 2.10 bits per heavy atom. The van der Waals surface area contributed by atoms with Crippen molar-refractivity contribution < 1.29 is 13.9 Å². The van der Waals surface area contributed by atoms with Crippen molar-refractivity contribution in [2.24, 2.45) is 0 Å². The molecular weight excluding hydrogens is 417 g/mol. The number of benzene rings is 1. The Bertz CT molecular complexity index is 1120. The summed E-state index contributed by atoms with van der Waals surface area (Å²) in [5, 5.41) is 0.866. The number of nitrogens with zero attached hydrogens (tertiary/aromatic N) is 5. The van der Waals surface area contributed by atoms with Crippen molar-refractivity contribution in [2.45, 2.75) is 20.0 Å². The molecule has 3 aromatic rings. The van der Waals surface area contributed by atoms with Gasteiger partial charge in [0, 0.05) is 32.4 Å². The van der Waals surface area contributed by atoms with Crippen LogP contribution in [0.3, 0.4) is 0 Å². The fourth-order valence-corrected chi connectivity index (χ4v) is 4.48. The van der Waals surface area contributed by atoms with E-state index in [0.29, 0.717) is 47.3 Å². The zero-order valence-corrected chi connectivity index (χ0v) is 18.7. The number of aryl methyl sites for hydroxylation is 2. The number of morpholine rings is 1. The summed E-state index contributed by atoms with van der Waals surface area (Å²) < 4.78 is 19.9. The first-order chi connectivity index (χ1) is 14.8. The van der Waals surface area contributed by atoms with E-state index in [-0.39, 0.29) is 11.7 Å². The lowest BCUT2D eigenvalue weighted by Gasteiger charge is -2.33. The number of ether oxygens (including phenoxy) is 1. The van der Waals surface area contributed by atoms with Crippen LogP contribution in [-0.2, 0) is 4.74 Å². The summed E-state index contributed by atoms with van der Waals surface area (Å²) in [6.07, 6.45) is 1.24. The average Bonchev–Trinajstić information content (AvgIpc) is 3.10. The molecule has 0 spiro atoms. The Kier molecular flexibility index (Phi) is 5.97. The molecule has 1 aromatic carbocycles. The third kappa shape index (κ3) is 4.42. The molecule has 7 nitrogen and oxygen atoms in total. The van der Waals surface area contributed by atoms with Crippen molar-refractivity contribution in [1.82, 2.24) is 19.9 Å². The van der Waals surface area contributed by atoms with Crippen molar-refractivity contribution in [2.75, 3.05) is 38.7 Å². The molecule has 1 saturated heterocycles. The predicted molar refractivity (Wildman–Crippen MR) is 118 cm³/mol. The third-order valence-corrected chi connectivity index (χ3v) is 6.16. The van der Waals surface area contributed by atoms with Gasteiger partial charge in [0.05, 0.1) is 29.5 Å². The first-order valence-electron chi connectivity index (χ1n) is 9.98. The van der Waals surface area contributed by atoms with Crippen LogP contribution in [0.2, 0.25) is 0 Å². The summed E-state index contributed by atoms with van der Waals surface area (Å²) in [6.45, 7) is 4.97. The monoisotopic (exact) mass is 441 g/mol. The average molecular weight is 442 g/mol. The van der Waals surface area contributed by atoms with Crippen LogP contribution in [-0.4, -0.2) is 59.6 Å². The van der Waals surface area contributed by atoms with E-state index < -0.39 is 6.10 Å². The lowest BCUT2D eigenvalue weighted by molar-refractivity contribution is -0.0243. The van der Waals surface area contributed by atoms with Crippen LogP contribution >= 0.6 is 11.3 Å². The smallest absolute Gasteiger partial charge is 0.266 e. The summed E-state index contributed by atoms with van der Waals surface area (Å²) in [7, 11) is 3.71. The molecule has 1 amide bonds. The molecule has 0 bridgehead atoms. The van der Waals surface area contributed by atoms with Gasteiger partial charge in [-0.25, -0.2) is 19.3 Å². The molecule has 0 saturated carbocycles. The number of carbonyl (C=O) groups excluding carboxylic acids is 1. The Balaban J connectivity index is 1.69. The fraction of sp³-hybridized carbons (Fsp3) is 0.364. The van der Waals surface area contributed by atoms with Gasteiger partial charge in [-0.1, -0.05) is 12.1 Å². The van der Waals surface area contributed by atoms with Crippen LogP contribution in [0, 0.1) is 19.7 Å². The summed E-state index contributed by atoms with van der Waals surface area (Å²) in [5.41, 5.74) is 2.74. The molecule has 4 rings (SSSR count). The SMILES string of the molecule is Cc1nc(C)c(C(=O)N2CCO[C@@H](c3nc(N(C)C)ncc3-c3cccc(F)c3)C2)s1. The summed E-state index contributed by atoms with van der Waals surface area (Å²) in [4.78, 5) is 30.9. The van der Waals surface area contributed by atoms with Crippen molar-refractivity contribution in [3.05, 3.63) is 57.6 Å². The molecule has 31 heavy (non-hydrogen) atoms. The van der Waals surface area contributed by atoms with E-state index in [4.69, 9.17) is 9.72 Å². The number of hydrogen-bond acceptors (Lipinski definition) is 7. The van der Waals surface area contributed by atoms with E-state index in [1.807, 2.05) is 34.0 Å². The van der Waals surface area contributed by atoms with Crippen LogP contribution in [0.25, 0.3) is 11.1 Å². The second-order valence-electron chi connectivity index (χ2n) is 7.63. The van der Waals surface area contributed by atoms with Gasteiger partial charge in [-0.2, -0.15) is 0 Å². The van der Waals surface area contributed by atoms with Gasteiger partial charge in [0.2, 0.25) is 5.95 Å². The lowest BCUT2D eigenvalue weighted by atomic mass is 10.0. The first kappa shape index (κ1) is 21.3. The topological polar surface area (TPSA) is 71.5 Å². The highest BCUT2D eigenvalue weighted by Gasteiger charge is 2.31. The van der Waals surface area contributed by atoms with Gasteiger partial charge in [0.25, 0.3) is 5.91 Å².